The molecular formula is C15H20F3N3O. The lowest BCUT2D eigenvalue weighted by Gasteiger charge is -2.25. The topological polar surface area (TPSA) is 49.6 Å². The average Bonchev–Trinajstić information content (AvgIpc) is 2.70. The van der Waals surface area contributed by atoms with E-state index in [1.807, 2.05) is 6.07 Å². The van der Waals surface area contributed by atoms with Crippen molar-refractivity contribution in [3.63, 3.8) is 0 Å². The van der Waals surface area contributed by atoms with Gasteiger partial charge < -0.3 is 10.6 Å². The molecule has 1 heterocycles. The molecule has 4 nitrogen and oxygen atoms in total. The lowest BCUT2D eigenvalue weighted by atomic mass is 10.1. The standard InChI is InChI=1S/C15H20F3N3O/c16-15(17,18)11-20-7-4-8-21(10-9-20)14(22)13(19)12-5-2-1-3-6-12/h1-3,5-6,13H,4,7-11,19H2. The van der Waals surface area contributed by atoms with Gasteiger partial charge in [0.25, 0.3) is 0 Å². The van der Waals surface area contributed by atoms with E-state index in [-0.39, 0.29) is 19.0 Å². The molecule has 1 aliphatic rings. The highest BCUT2D eigenvalue weighted by Crippen LogP contribution is 2.19. The molecule has 1 aromatic carbocycles. The van der Waals surface area contributed by atoms with E-state index in [1.54, 1.807) is 29.2 Å². The molecule has 122 valence electrons. The summed E-state index contributed by atoms with van der Waals surface area (Å²) in [6.45, 7) is 0.333. The van der Waals surface area contributed by atoms with E-state index in [0.29, 0.717) is 25.1 Å². The van der Waals surface area contributed by atoms with Gasteiger partial charge in [-0.1, -0.05) is 30.3 Å². The van der Waals surface area contributed by atoms with E-state index >= 15 is 0 Å². The first-order valence-electron chi connectivity index (χ1n) is 7.25. The number of benzene rings is 1. The largest absolute Gasteiger partial charge is 0.401 e. The van der Waals surface area contributed by atoms with Gasteiger partial charge in [0, 0.05) is 26.2 Å². The zero-order chi connectivity index (χ0) is 16.2. The highest BCUT2D eigenvalue weighted by molar-refractivity contribution is 5.83. The summed E-state index contributed by atoms with van der Waals surface area (Å²) in [5.41, 5.74) is 6.68. The molecular weight excluding hydrogens is 295 g/mol. The monoisotopic (exact) mass is 315 g/mol. The molecule has 0 bridgehead atoms. The zero-order valence-corrected chi connectivity index (χ0v) is 12.2. The van der Waals surface area contributed by atoms with Crippen LogP contribution in [-0.2, 0) is 4.79 Å². The third-order valence-corrected chi connectivity index (χ3v) is 3.73. The van der Waals surface area contributed by atoms with Gasteiger partial charge in [-0.2, -0.15) is 13.2 Å². The molecule has 0 spiro atoms. The number of amides is 1. The van der Waals surface area contributed by atoms with Gasteiger partial charge in [0.15, 0.2) is 0 Å². The Morgan fingerprint density at radius 2 is 1.82 bits per heavy atom. The van der Waals surface area contributed by atoms with Crippen LogP contribution in [0.5, 0.6) is 0 Å². The van der Waals surface area contributed by atoms with Crippen molar-refractivity contribution >= 4 is 5.91 Å². The van der Waals surface area contributed by atoms with Crippen molar-refractivity contribution < 1.29 is 18.0 Å². The van der Waals surface area contributed by atoms with Crippen molar-refractivity contribution in [3.8, 4) is 0 Å². The molecule has 1 aliphatic heterocycles. The van der Waals surface area contributed by atoms with Crippen molar-refractivity contribution in [2.75, 3.05) is 32.7 Å². The summed E-state index contributed by atoms with van der Waals surface area (Å²) in [5, 5.41) is 0. The summed E-state index contributed by atoms with van der Waals surface area (Å²) in [5.74, 6) is -0.236. The number of hydrogen-bond acceptors (Lipinski definition) is 3. The fraction of sp³-hybridized carbons (Fsp3) is 0.533. The van der Waals surface area contributed by atoms with Crippen molar-refractivity contribution in [2.45, 2.75) is 18.6 Å². The Labute approximate surface area is 127 Å². The Balaban J connectivity index is 1.94. The predicted octanol–water partition coefficient (Wildman–Crippen LogP) is 1.78. The molecule has 1 amide bonds. The molecule has 1 saturated heterocycles. The van der Waals surface area contributed by atoms with E-state index in [1.165, 1.54) is 4.90 Å². The fourth-order valence-electron chi connectivity index (χ4n) is 2.60. The first-order valence-corrected chi connectivity index (χ1v) is 7.25. The third kappa shape index (κ3) is 4.71. The van der Waals surface area contributed by atoms with Gasteiger partial charge in [-0.3, -0.25) is 9.69 Å². The van der Waals surface area contributed by atoms with E-state index in [2.05, 4.69) is 0 Å². The molecule has 22 heavy (non-hydrogen) atoms. The number of nitrogens with two attached hydrogens (primary N) is 1. The molecule has 1 atom stereocenters. The number of nitrogens with zero attached hydrogens (tertiary/aromatic N) is 2. The minimum atomic E-state index is -4.21. The molecule has 1 unspecified atom stereocenters. The van der Waals surface area contributed by atoms with Gasteiger partial charge in [-0.05, 0) is 12.0 Å². The Morgan fingerprint density at radius 3 is 2.45 bits per heavy atom. The second-order valence-electron chi connectivity index (χ2n) is 5.46. The Hall–Kier alpha value is -1.60. The van der Waals surface area contributed by atoms with Crippen LogP contribution in [0.2, 0.25) is 0 Å². The minimum absolute atomic E-state index is 0.215. The van der Waals surface area contributed by atoms with E-state index < -0.39 is 18.8 Å². The number of halogens is 3. The molecule has 0 aromatic heterocycles. The number of hydrogen-bond donors (Lipinski definition) is 1. The van der Waals surface area contributed by atoms with Gasteiger partial charge in [0.1, 0.15) is 6.04 Å². The summed E-state index contributed by atoms with van der Waals surface area (Å²) >= 11 is 0. The number of carbonyl (C=O) groups is 1. The van der Waals surface area contributed by atoms with Crippen molar-refractivity contribution in [1.29, 1.82) is 0 Å². The summed E-state index contributed by atoms with van der Waals surface area (Å²) in [7, 11) is 0. The first-order chi connectivity index (χ1) is 10.4. The van der Waals surface area contributed by atoms with Gasteiger partial charge in [0.2, 0.25) is 5.91 Å². The normalized spacial score (nSPS) is 18.8. The van der Waals surface area contributed by atoms with Gasteiger partial charge in [-0.25, -0.2) is 0 Å². The summed E-state index contributed by atoms with van der Waals surface area (Å²) < 4.78 is 37.3. The maximum absolute atomic E-state index is 12.4. The average molecular weight is 315 g/mol. The Bertz CT molecular complexity index is 493. The van der Waals surface area contributed by atoms with E-state index in [9.17, 15) is 18.0 Å². The maximum atomic E-state index is 12.4. The SMILES string of the molecule is NC(C(=O)N1CCCN(CC(F)(F)F)CC1)c1ccccc1. The lowest BCUT2D eigenvalue weighted by Crippen LogP contribution is -2.41. The van der Waals surface area contributed by atoms with E-state index in [0.717, 1.165) is 0 Å². The van der Waals surface area contributed by atoms with Crippen LogP contribution in [0.15, 0.2) is 30.3 Å². The van der Waals surface area contributed by atoms with Gasteiger partial charge in [0.05, 0.1) is 6.54 Å². The second kappa shape index (κ2) is 7.11. The molecule has 0 aliphatic carbocycles. The molecule has 2 N–H and O–H groups in total. The Kier molecular flexibility index (Phi) is 5.42. The van der Waals surface area contributed by atoms with Crippen molar-refractivity contribution in [2.24, 2.45) is 5.73 Å². The highest BCUT2D eigenvalue weighted by Gasteiger charge is 2.32. The van der Waals surface area contributed by atoms with Crippen LogP contribution in [0.3, 0.4) is 0 Å². The summed E-state index contributed by atoms with van der Waals surface area (Å²) in [6, 6.07) is 8.22. The molecule has 0 radical (unpaired) electrons. The number of alkyl halides is 3. The predicted molar refractivity (Wildman–Crippen MR) is 77.1 cm³/mol. The molecule has 1 fully saturated rings. The van der Waals surface area contributed by atoms with Gasteiger partial charge in [-0.15, -0.1) is 0 Å². The zero-order valence-electron chi connectivity index (χ0n) is 12.2. The molecule has 7 heteroatoms. The number of carbonyl (C=O) groups excluding carboxylic acids is 1. The smallest absolute Gasteiger partial charge is 0.340 e. The molecule has 1 aromatic rings. The lowest BCUT2D eigenvalue weighted by molar-refractivity contribution is -0.145. The van der Waals surface area contributed by atoms with Crippen LogP contribution in [0, 0.1) is 0 Å². The number of rotatable bonds is 3. The van der Waals surface area contributed by atoms with Crippen LogP contribution in [0.1, 0.15) is 18.0 Å². The van der Waals surface area contributed by atoms with Crippen LogP contribution < -0.4 is 5.73 Å². The maximum Gasteiger partial charge on any atom is 0.401 e. The van der Waals surface area contributed by atoms with Crippen molar-refractivity contribution in [1.82, 2.24) is 9.80 Å². The fourth-order valence-corrected chi connectivity index (χ4v) is 2.60. The molecule has 2 rings (SSSR count). The third-order valence-electron chi connectivity index (χ3n) is 3.73. The van der Waals surface area contributed by atoms with Crippen LogP contribution in [-0.4, -0.2) is 54.6 Å². The first kappa shape index (κ1) is 16.8. The highest BCUT2D eigenvalue weighted by atomic mass is 19.4. The van der Waals surface area contributed by atoms with Crippen molar-refractivity contribution in [3.05, 3.63) is 35.9 Å². The van der Waals surface area contributed by atoms with Gasteiger partial charge >= 0.3 is 6.18 Å². The minimum Gasteiger partial charge on any atom is -0.340 e. The molecule has 0 saturated carbocycles. The second-order valence-corrected chi connectivity index (χ2v) is 5.46. The summed E-state index contributed by atoms with van der Waals surface area (Å²) in [4.78, 5) is 15.3. The van der Waals surface area contributed by atoms with E-state index in [4.69, 9.17) is 5.73 Å². The van der Waals surface area contributed by atoms with Crippen LogP contribution in [0.25, 0.3) is 0 Å². The quantitative estimate of drug-likeness (QED) is 0.925. The van der Waals surface area contributed by atoms with Crippen LogP contribution in [0.4, 0.5) is 13.2 Å². The Morgan fingerprint density at radius 1 is 1.14 bits per heavy atom. The summed E-state index contributed by atoms with van der Waals surface area (Å²) in [6.07, 6.45) is -3.69. The van der Waals surface area contributed by atoms with Crippen LogP contribution >= 0.6 is 0 Å².